The number of ether oxygens (including phenoxy) is 2. The third-order valence-electron chi connectivity index (χ3n) is 3.93. The van der Waals surface area contributed by atoms with Crippen LogP contribution in [0.15, 0.2) is 54.1 Å². The van der Waals surface area contributed by atoms with E-state index in [-0.39, 0.29) is 18.3 Å². The Labute approximate surface area is 170 Å². The van der Waals surface area contributed by atoms with E-state index >= 15 is 0 Å². The van der Waals surface area contributed by atoms with Crippen LogP contribution in [0, 0.1) is 11.3 Å². The fourth-order valence-corrected chi connectivity index (χ4v) is 2.55. The van der Waals surface area contributed by atoms with Crippen LogP contribution < -0.4 is 10.1 Å². The minimum atomic E-state index is -0.467. The molecule has 2 aromatic carbocycles. The van der Waals surface area contributed by atoms with Gasteiger partial charge in [-0.3, -0.25) is 4.79 Å². The number of aryl methyl sites for hydroxylation is 1. The molecule has 150 valence electrons. The summed E-state index contributed by atoms with van der Waals surface area (Å²) in [5, 5.41) is 12.2. The minimum Gasteiger partial charge on any atom is -0.482 e. The number of amides is 1. The van der Waals surface area contributed by atoms with E-state index in [1.807, 2.05) is 37.3 Å². The quantitative estimate of drug-likeness (QED) is 0.415. The minimum absolute atomic E-state index is 0.00918. The number of nitriles is 1. The number of carbonyl (C=O) groups is 2. The Balaban J connectivity index is 2.04. The van der Waals surface area contributed by atoms with Crippen molar-refractivity contribution in [1.82, 2.24) is 0 Å². The van der Waals surface area contributed by atoms with E-state index in [9.17, 15) is 14.9 Å². The van der Waals surface area contributed by atoms with E-state index in [4.69, 9.17) is 9.47 Å². The number of para-hydroxylation sites is 1. The van der Waals surface area contributed by atoms with Crippen LogP contribution >= 0.6 is 0 Å². The highest BCUT2D eigenvalue weighted by Gasteiger charge is 2.11. The smallest absolute Gasteiger partial charge is 0.344 e. The van der Waals surface area contributed by atoms with E-state index < -0.39 is 11.9 Å². The third kappa shape index (κ3) is 6.82. The highest BCUT2D eigenvalue weighted by molar-refractivity contribution is 6.09. The van der Waals surface area contributed by atoms with E-state index in [0.717, 1.165) is 12.0 Å². The van der Waals surface area contributed by atoms with Gasteiger partial charge in [0.05, 0.1) is 6.10 Å². The number of esters is 1. The van der Waals surface area contributed by atoms with Crippen molar-refractivity contribution in [2.75, 3.05) is 11.9 Å². The zero-order valence-electron chi connectivity index (χ0n) is 16.8. The Morgan fingerprint density at radius 2 is 1.83 bits per heavy atom. The average Bonchev–Trinajstić information content (AvgIpc) is 2.71. The predicted octanol–water partition coefficient (Wildman–Crippen LogP) is 4.13. The van der Waals surface area contributed by atoms with Crippen molar-refractivity contribution >= 4 is 23.6 Å². The molecule has 29 heavy (non-hydrogen) atoms. The van der Waals surface area contributed by atoms with Crippen LogP contribution in [0.2, 0.25) is 0 Å². The van der Waals surface area contributed by atoms with Crippen molar-refractivity contribution < 1.29 is 19.1 Å². The predicted molar refractivity (Wildman–Crippen MR) is 111 cm³/mol. The van der Waals surface area contributed by atoms with Gasteiger partial charge in [-0.15, -0.1) is 0 Å². The van der Waals surface area contributed by atoms with Gasteiger partial charge >= 0.3 is 5.97 Å². The Kier molecular flexibility index (Phi) is 7.99. The summed E-state index contributed by atoms with van der Waals surface area (Å²) in [7, 11) is 0. The summed E-state index contributed by atoms with van der Waals surface area (Å²) >= 11 is 0. The Morgan fingerprint density at radius 1 is 1.14 bits per heavy atom. The van der Waals surface area contributed by atoms with Gasteiger partial charge in [0.15, 0.2) is 6.61 Å². The van der Waals surface area contributed by atoms with E-state index in [1.165, 1.54) is 6.08 Å². The third-order valence-corrected chi connectivity index (χ3v) is 3.93. The second-order valence-corrected chi connectivity index (χ2v) is 6.53. The molecule has 6 heteroatoms. The molecule has 0 aliphatic rings. The van der Waals surface area contributed by atoms with Crippen LogP contribution in [0.5, 0.6) is 5.75 Å². The summed E-state index contributed by atoms with van der Waals surface area (Å²) in [6, 6.07) is 16.1. The maximum absolute atomic E-state index is 12.5. The van der Waals surface area contributed by atoms with Crippen LogP contribution in [0.25, 0.3) is 6.08 Å². The molecule has 0 spiro atoms. The van der Waals surface area contributed by atoms with Crippen molar-refractivity contribution in [2.45, 2.75) is 33.3 Å². The molecule has 1 N–H and O–H groups in total. The van der Waals surface area contributed by atoms with Gasteiger partial charge in [0, 0.05) is 5.69 Å². The molecule has 2 aromatic rings. The largest absolute Gasteiger partial charge is 0.482 e. The van der Waals surface area contributed by atoms with Crippen molar-refractivity contribution in [3.05, 3.63) is 65.2 Å². The average molecular weight is 392 g/mol. The molecule has 6 nitrogen and oxygen atoms in total. The summed E-state index contributed by atoms with van der Waals surface area (Å²) in [5.41, 5.74) is 2.34. The molecule has 0 aliphatic carbocycles. The summed E-state index contributed by atoms with van der Waals surface area (Å²) in [6.07, 6.45) is 2.08. The van der Waals surface area contributed by atoms with Gasteiger partial charge in [-0.05, 0) is 55.7 Å². The SMILES string of the molecule is CCc1ccccc1NC(=O)C(C#N)=Cc1ccc(OCC(=O)OC(C)C)cc1. The Morgan fingerprint density at radius 3 is 2.45 bits per heavy atom. The van der Waals surface area contributed by atoms with Crippen molar-refractivity contribution in [2.24, 2.45) is 0 Å². The zero-order valence-corrected chi connectivity index (χ0v) is 16.8. The van der Waals surface area contributed by atoms with Gasteiger partial charge in [-0.25, -0.2) is 4.79 Å². The van der Waals surface area contributed by atoms with E-state index in [1.54, 1.807) is 38.1 Å². The lowest BCUT2D eigenvalue weighted by Gasteiger charge is -2.10. The van der Waals surface area contributed by atoms with Gasteiger partial charge in [0.2, 0.25) is 0 Å². The lowest BCUT2D eigenvalue weighted by molar-refractivity contribution is -0.149. The normalized spacial score (nSPS) is 10.9. The van der Waals surface area contributed by atoms with Crippen LogP contribution in [-0.2, 0) is 20.7 Å². The number of carbonyl (C=O) groups excluding carboxylic acids is 2. The second-order valence-electron chi connectivity index (χ2n) is 6.53. The first kappa shape index (κ1) is 21.7. The fourth-order valence-electron chi connectivity index (χ4n) is 2.55. The highest BCUT2D eigenvalue weighted by atomic mass is 16.6. The monoisotopic (exact) mass is 392 g/mol. The molecule has 0 atom stereocenters. The fraction of sp³-hybridized carbons (Fsp3) is 0.261. The molecule has 2 rings (SSSR count). The molecule has 0 unspecified atom stereocenters. The maximum Gasteiger partial charge on any atom is 0.344 e. The zero-order chi connectivity index (χ0) is 21.2. The van der Waals surface area contributed by atoms with Crippen molar-refractivity contribution in [1.29, 1.82) is 5.26 Å². The number of nitrogens with zero attached hydrogens (tertiary/aromatic N) is 1. The van der Waals surface area contributed by atoms with Crippen LogP contribution in [0.4, 0.5) is 5.69 Å². The molecule has 0 heterocycles. The van der Waals surface area contributed by atoms with Crippen LogP contribution in [-0.4, -0.2) is 24.6 Å². The molecular weight excluding hydrogens is 368 g/mol. The molecule has 0 fully saturated rings. The molecule has 0 bridgehead atoms. The second kappa shape index (κ2) is 10.7. The summed E-state index contributed by atoms with van der Waals surface area (Å²) in [5.74, 6) is -0.424. The first-order valence-electron chi connectivity index (χ1n) is 9.36. The summed E-state index contributed by atoms with van der Waals surface area (Å²) < 4.78 is 10.4. The molecule has 0 saturated carbocycles. The Hall–Kier alpha value is -3.59. The number of rotatable bonds is 8. The van der Waals surface area contributed by atoms with E-state index in [2.05, 4.69) is 5.32 Å². The first-order chi connectivity index (χ1) is 13.9. The van der Waals surface area contributed by atoms with Gasteiger partial charge < -0.3 is 14.8 Å². The maximum atomic E-state index is 12.5. The summed E-state index contributed by atoms with van der Waals surface area (Å²) in [6.45, 7) is 5.35. The van der Waals surface area contributed by atoms with Gasteiger partial charge in [0.1, 0.15) is 17.4 Å². The standard InChI is InChI=1S/C23H24N2O4/c1-4-18-7-5-6-8-21(18)25-23(27)19(14-24)13-17-9-11-20(12-10-17)28-15-22(26)29-16(2)3/h5-13,16H,4,15H2,1-3H3,(H,25,27). The van der Waals surface area contributed by atoms with Crippen LogP contribution in [0.3, 0.4) is 0 Å². The van der Waals surface area contributed by atoms with Crippen molar-refractivity contribution in [3.8, 4) is 11.8 Å². The molecule has 0 aromatic heterocycles. The Bertz CT molecular complexity index is 925. The topological polar surface area (TPSA) is 88.4 Å². The van der Waals surface area contributed by atoms with E-state index in [0.29, 0.717) is 17.0 Å². The number of anilines is 1. The number of hydrogen-bond acceptors (Lipinski definition) is 5. The van der Waals surface area contributed by atoms with Crippen LogP contribution in [0.1, 0.15) is 31.9 Å². The molecule has 0 saturated heterocycles. The highest BCUT2D eigenvalue weighted by Crippen LogP contribution is 2.18. The molecular formula is C23H24N2O4. The number of benzene rings is 2. The van der Waals surface area contributed by atoms with Gasteiger partial charge in [0.25, 0.3) is 5.91 Å². The number of nitrogens with one attached hydrogen (secondary N) is 1. The lowest BCUT2D eigenvalue weighted by atomic mass is 10.1. The number of hydrogen-bond donors (Lipinski definition) is 1. The van der Waals surface area contributed by atoms with Gasteiger partial charge in [-0.1, -0.05) is 37.3 Å². The first-order valence-corrected chi connectivity index (χ1v) is 9.36. The van der Waals surface area contributed by atoms with Gasteiger partial charge in [-0.2, -0.15) is 5.26 Å². The molecule has 0 aliphatic heterocycles. The summed E-state index contributed by atoms with van der Waals surface area (Å²) in [4.78, 5) is 24.0. The molecule has 0 radical (unpaired) electrons. The molecule has 1 amide bonds. The van der Waals surface area contributed by atoms with Crippen molar-refractivity contribution in [3.63, 3.8) is 0 Å². The lowest BCUT2D eigenvalue weighted by Crippen LogP contribution is -2.18.